The Labute approximate surface area is 93.1 Å². The van der Waals surface area contributed by atoms with Crippen molar-refractivity contribution in [2.45, 2.75) is 12.8 Å². The number of rotatable bonds is 2. The van der Waals surface area contributed by atoms with Gasteiger partial charge in [-0.15, -0.1) is 0 Å². The van der Waals surface area contributed by atoms with Crippen molar-refractivity contribution in [2.75, 3.05) is 0 Å². The first-order valence-electron chi connectivity index (χ1n) is 4.57. The van der Waals surface area contributed by atoms with E-state index in [-0.39, 0.29) is 0 Å². The second-order valence-electron chi connectivity index (χ2n) is 3.02. The Hall–Kier alpha value is -1.64. The standard InChI is InChI=1S/C11H9NO2S/c15-8-12-10-4-2-1-3-9(10)11-7-13-5-6-14-11/h2,4-7H,1,3H2. The van der Waals surface area contributed by atoms with Crippen molar-refractivity contribution < 1.29 is 9.47 Å². The second kappa shape index (κ2) is 4.73. The molecule has 1 heterocycles. The molecule has 2 rings (SSSR count). The minimum Gasteiger partial charge on any atom is -0.466 e. The summed E-state index contributed by atoms with van der Waals surface area (Å²) < 4.78 is 10.4. The number of nitrogens with zero attached hydrogens (tertiary/aromatic N) is 1. The van der Waals surface area contributed by atoms with Crippen molar-refractivity contribution in [3.8, 4) is 0 Å². The fourth-order valence-electron chi connectivity index (χ4n) is 1.46. The molecule has 0 aromatic rings. The predicted molar refractivity (Wildman–Crippen MR) is 59.8 cm³/mol. The van der Waals surface area contributed by atoms with Gasteiger partial charge >= 0.3 is 0 Å². The number of isothiocyanates is 1. The van der Waals surface area contributed by atoms with Crippen molar-refractivity contribution in [3.63, 3.8) is 0 Å². The van der Waals surface area contributed by atoms with Gasteiger partial charge in [-0.25, -0.2) is 0 Å². The Bertz CT molecular complexity index is 426. The van der Waals surface area contributed by atoms with Gasteiger partial charge in [-0.05, 0) is 31.1 Å². The molecule has 0 atom stereocenters. The quantitative estimate of drug-likeness (QED) is 0.528. The van der Waals surface area contributed by atoms with Crippen LogP contribution in [0.3, 0.4) is 0 Å². The molecule has 2 aliphatic rings. The highest BCUT2D eigenvalue weighted by atomic mass is 32.1. The fraction of sp³-hybridized carbons (Fsp3) is 0.182. The molecule has 0 saturated heterocycles. The molecule has 0 radical (unpaired) electrons. The molecule has 0 N–H and O–H groups in total. The Kier molecular flexibility index (Phi) is 3.12. The van der Waals surface area contributed by atoms with Gasteiger partial charge in [0.25, 0.3) is 0 Å². The van der Waals surface area contributed by atoms with Crippen LogP contribution in [-0.2, 0) is 9.47 Å². The van der Waals surface area contributed by atoms with Crippen molar-refractivity contribution in [2.24, 2.45) is 4.99 Å². The summed E-state index contributed by atoms with van der Waals surface area (Å²) in [4.78, 5) is 4.00. The maximum atomic E-state index is 5.34. The first-order chi connectivity index (χ1) is 7.42. The van der Waals surface area contributed by atoms with Crippen LogP contribution in [0.1, 0.15) is 12.8 Å². The largest absolute Gasteiger partial charge is 0.466 e. The molecule has 76 valence electrons. The van der Waals surface area contributed by atoms with Crippen molar-refractivity contribution in [1.82, 2.24) is 0 Å². The van der Waals surface area contributed by atoms with E-state index in [1.54, 1.807) is 6.26 Å². The summed E-state index contributed by atoms with van der Waals surface area (Å²) in [7, 11) is 0. The highest BCUT2D eigenvalue weighted by Crippen LogP contribution is 2.28. The van der Waals surface area contributed by atoms with Gasteiger partial charge in [0.15, 0.2) is 5.76 Å². The van der Waals surface area contributed by atoms with E-state index in [2.05, 4.69) is 28.4 Å². The van der Waals surface area contributed by atoms with Crippen LogP contribution in [0.2, 0.25) is 0 Å². The minimum absolute atomic E-state index is 0.686. The van der Waals surface area contributed by atoms with E-state index in [0.29, 0.717) is 5.76 Å². The smallest absolute Gasteiger partial charge is 0.167 e. The number of thiocarbonyl (C=S) groups is 1. The van der Waals surface area contributed by atoms with Gasteiger partial charge < -0.3 is 9.47 Å². The lowest BCUT2D eigenvalue weighted by atomic mass is 10.0. The van der Waals surface area contributed by atoms with Gasteiger partial charge in [-0.2, -0.15) is 4.99 Å². The zero-order valence-corrected chi connectivity index (χ0v) is 8.79. The molecule has 0 amide bonds. The van der Waals surface area contributed by atoms with Gasteiger partial charge in [0.2, 0.25) is 0 Å². The van der Waals surface area contributed by atoms with E-state index >= 15 is 0 Å². The van der Waals surface area contributed by atoms with Crippen molar-refractivity contribution in [1.29, 1.82) is 0 Å². The highest BCUT2D eigenvalue weighted by molar-refractivity contribution is 7.78. The average molecular weight is 219 g/mol. The Morgan fingerprint density at radius 1 is 1.40 bits per heavy atom. The summed E-state index contributed by atoms with van der Waals surface area (Å²) >= 11 is 4.60. The highest BCUT2D eigenvalue weighted by Gasteiger charge is 2.15. The third kappa shape index (κ3) is 2.24. The monoisotopic (exact) mass is 219 g/mol. The molecule has 0 fully saturated rings. The first-order valence-corrected chi connectivity index (χ1v) is 4.98. The topological polar surface area (TPSA) is 30.8 Å². The first kappa shape index (κ1) is 9.90. The Balaban J connectivity index is 2.34. The maximum Gasteiger partial charge on any atom is 0.167 e. The number of aliphatic imine (C=N–C) groups is 1. The Morgan fingerprint density at radius 2 is 2.33 bits per heavy atom. The summed E-state index contributed by atoms with van der Waals surface area (Å²) in [5, 5.41) is 2.36. The molecule has 0 spiro atoms. The lowest BCUT2D eigenvalue weighted by molar-refractivity contribution is 0.262. The number of allylic oxidation sites excluding steroid dienone is 3. The lowest BCUT2D eigenvalue weighted by Gasteiger charge is -2.16. The number of ether oxygens (including phenoxy) is 2. The summed E-state index contributed by atoms with van der Waals surface area (Å²) in [6.45, 7) is 0. The molecule has 0 aromatic carbocycles. The molecule has 1 aliphatic carbocycles. The summed E-state index contributed by atoms with van der Waals surface area (Å²) in [5.74, 6) is 0.686. The third-order valence-electron chi connectivity index (χ3n) is 2.11. The van der Waals surface area contributed by atoms with Crippen molar-refractivity contribution >= 4 is 17.4 Å². The van der Waals surface area contributed by atoms with Crippen LogP contribution >= 0.6 is 12.2 Å². The number of hydrogen-bond donors (Lipinski definition) is 0. The van der Waals surface area contributed by atoms with Crippen LogP contribution in [0.4, 0.5) is 0 Å². The zero-order valence-electron chi connectivity index (χ0n) is 7.97. The summed E-state index contributed by atoms with van der Waals surface area (Å²) in [6.07, 6.45) is 10.3. The molecular formula is C11H9NO2S. The normalized spacial score (nSPS) is 18.8. The summed E-state index contributed by atoms with van der Waals surface area (Å²) in [6, 6.07) is 0. The molecule has 15 heavy (non-hydrogen) atoms. The van der Waals surface area contributed by atoms with E-state index in [0.717, 1.165) is 24.1 Å². The molecule has 0 bridgehead atoms. The molecule has 1 aliphatic heterocycles. The van der Waals surface area contributed by atoms with Crippen LogP contribution in [0, 0.1) is 0 Å². The third-order valence-corrected chi connectivity index (χ3v) is 2.20. The molecular weight excluding hydrogens is 210 g/mol. The summed E-state index contributed by atoms with van der Waals surface area (Å²) in [5.41, 5.74) is 1.79. The van der Waals surface area contributed by atoms with Gasteiger partial charge in [-0.1, -0.05) is 6.08 Å². The van der Waals surface area contributed by atoms with Gasteiger partial charge in [-0.3, -0.25) is 0 Å². The average Bonchev–Trinajstić information content (AvgIpc) is 2.31. The van der Waals surface area contributed by atoms with E-state index in [4.69, 9.17) is 9.47 Å². The van der Waals surface area contributed by atoms with Crippen molar-refractivity contribution in [3.05, 3.63) is 48.0 Å². The van der Waals surface area contributed by atoms with Gasteiger partial charge in [0, 0.05) is 5.57 Å². The van der Waals surface area contributed by atoms with Crippen LogP contribution in [-0.4, -0.2) is 5.16 Å². The molecule has 0 unspecified atom stereocenters. The molecule has 0 saturated carbocycles. The molecule has 3 nitrogen and oxygen atoms in total. The maximum absolute atomic E-state index is 5.34. The predicted octanol–water partition coefficient (Wildman–Crippen LogP) is 3.05. The minimum atomic E-state index is 0.686. The molecule has 0 aromatic heterocycles. The zero-order chi connectivity index (χ0) is 10.5. The van der Waals surface area contributed by atoms with Gasteiger partial charge in [0.1, 0.15) is 18.8 Å². The number of hydrogen-bond acceptors (Lipinski definition) is 4. The van der Waals surface area contributed by atoms with Crippen LogP contribution in [0.15, 0.2) is 53.0 Å². The van der Waals surface area contributed by atoms with Crippen LogP contribution in [0.5, 0.6) is 0 Å². The van der Waals surface area contributed by atoms with E-state index in [1.807, 2.05) is 6.08 Å². The lowest BCUT2D eigenvalue weighted by Crippen LogP contribution is -2.01. The van der Waals surface area contributed by atoms with E-state index < -0.39 is 0 Å². The second-order valence-corrected chi connectivity index (χ2v) is 3.20. The van der Waals surface area contributed by atoms with Crippen LogP contribution in [0.25, 0.3) is 0 Å². The van der Waals surface area contributed by atoms with Gasteiger partial charge in [0.05, 0.1) is 10.9 Å². The van der Waals surface area contributed by atoms with E-state index in [1.165, 1.54) is 12.5 Å². The fourth-order valence-corrected chi connectivity index (χ4v) is 1.56. The Morgan fingerprint density at radius 3 is 3.07 bits per heavy atom. The SMILES string of the molecule is S=C=NC1=C(C2=COC=CO2)CCC=C1. The molecule has 4 heteroatoms. The van der Waals surface area contributed by atoms with E-state index in [9.17, 15) is 0 Å². The van der Waals surface area contributed by atoms with Crippen LogP contribution < -0.4 is 0 Å².